The van der Waals surface area contributed by atoms with Gasteiger partial charge in [-0.25, -0.2) is 4.98 Å². The Bertz CT molecular complexity index is 727. The van der Waals surface area contributed by atoms with Crippen molar-refractivity contribution < 1.29 is 28.2 Å². The fourth-order valence-electron chi connectivity index (χ4n) is 2.30. The molecule has 2 rings (SSSR count). The van der Waals surface area contributed by atoms with E-state index in [1.54, 1.807) is 24.3 Å². The molecule has 0 unspecified atom stereocenters. The van der Waals surface area contributed by atoms with Crippen LogP contribution in [0.4, 0.5) is 13.2 Å². The summed E-state index contributed by atoms with van der Waals surface area (Å²) in [5.74, 6) is -0.489. The Morgan fingerprint density at radius 1 is 1.19 bits per heavy atom. The van der Waals surface area contributed by atoms with E-state index in [0.29, 0.717) is 11.8 Å². The Balaban J connectivity index is 1.83. The summed E-state index contributed by atoms with van der Waals surface area (Å²) in [4.78, 5) is 15.7. The summed E-state index contributed by atoms with van der Waals surface area (Å²) in [6, 6.07) is 10.3. The first-order valence-corrected chi connectivity index (χ1v) is 9.07. The second-order valence-corrected chi connectivity index (χ2v) is 6.78. The maximum atomic E-state index is 12.5. The molecule has 0 radical (unpaired) electrons. The molecule has 0 aliphatic heterocycles. The number of pyridine rings is 1. The minimum absolute atomic E-state index is 0.0731. The number of alkyl halides is 3. The fourth-order valence-corrected chi connectivity index (χ4v) is 2.96. The Kier molecular flexibility index (Phi) is 7.64. The highest BCUT2D eigenvalue weighted by Crippen LogP contribution is 2.29. The van der Waals surface area contributed by atoms with E-state index in [1.165, 1.54) is 6.07 Å². The highest BCUT2D eigenvalue weighted by atomic mass is 32.2. The fraction of sp³-hybridized carbons (Fsp3) is 0.333. The van der Waals surface area contributed by atoms with E-state index in [1.807, 2.05) is 6.07 Å². The minimum atomic E-state index is -4.46. The SMILES string of the molecule is O=C(CSc1ccc(C(F)(F)F)cn1)N[C@@H](CO)C[C@@H](O)c1ccccc1. The van der Waals surface area contributed by atoms with Crippen LogP contribution in [0.25, 0.3) is 0 Å². The highest BCUT2D eigenvalue weighted by Gasteiger charge is 2.30. The van der Waals surface area contributed by atoms with E-state index in [-0.39, 0.29) is 23.8 Å². The quantitative estimate of drug-likeness (QED) is 0.594. The predicted octanol–water partition coefficient (Wildman–Crippen LogP) is 2.79. The number of rotatable bonds is 8. The van der Waals surface area contributed by atoms with Crippen molar-refractivity contribution in [2.45, 2.75) is 29.8 Å². The number of hydrogen-bond acceptors (Lipinski definition) is 5. The van der Waals surface area contributed by atoms with Gasteiger partial charge in [-0.15, -0.1) is 0 Å². The molecule has 1 heterocycles. The van der Waals surface area contributed by atoms with Crippen LogP contribution in [0.5, 0.6) is 0 Å². The molecule has 1 aromatic heterocycles. The summed E-state index contributed by atoms with van der Waals surface area (Å²) in [7, 11) is 0. The third-order valence-corrected chi connectivity index (χ3v) is 4.64. The number of thioether (sulfide) groups is 1. The molecule has 0 bridgehead atoms. The van der Waals surface area contributed by atoms with Gasteiger partial charge in [0.05, 0.1) is 35.1 Å². The van der Waals surface area contributed by atoms with Crippen LogP contribution in [-0.4, -0.2) is 39.5 Å². The molecule has 5 nitrogen and oxygen atoms in total. The van der Waals surface area contributed by atoms with E-state index in [4.69, 9.17) is 0 Å². The number of amides is 1. The van der Waals surface area contributed by atoms with Gasteiger partial charge in [-0.05, 0) is 24.1 Å². The second kappa shape index (κ2) is 9.72. The van der Waals surface area contributed by atoms with Gasteiger partial charge >= 0.3 is 6.18 Å². The molecule has 27 heavy (non-hydrogen) atoms. The van der Waals surface area contributed by atoms with Crippen molar-refractivity contribution in [1.82, 2.24) is 10.3 Å². The number of halogens is 3. The first-order chi connectivity index (χ1) is 12.8. The van der Waals surface area contributed by atoms with Gasteiger partial charge in [0.2, 0.25) is 5.91 Å². The lowest BCUT2D eigenvalue weighted by Gasteiger charge is -2.20. The average molecular weight is 400 g/mol. The van der Waals surface area contributed by atoms with Crippen molar-refractivity contribution in [3.05, 3.63) is 59.8 Å². The van der Waals surface area contributed by atoms with Gasteiger partial charge in [0.1, 0.15) is 0 Å². The largest absolute Gasteiger partial charge is 0.417 e. The standard InChI is InChI=1S/C18H19F3N2O3S/c19-18(20,21)13-6-7-17(22-9-13)27-11-16(26)23-14(10-24)8-15(25)12-4-2-1-3-5-12/h1-7,9,14-15,24-25H,8,10-11H2,(H,23,26)/t14-,15-/m1/s1. The lowest BCUT2D eigenvalue weighted by atomic mass is 10.0. The lowest BCUT2D eigenvalue weighted by molar-refractivity contribution is -0.137. The van der Waals surface area contributed by atoms with Crippen LogP contribution in [-0.2, 0) is 11.0 Å². The monoisotopic (exact) mass is 400 g/mol. The van der Waals surface area contributed by atoms with Gasteiger partial charge < -0.3 is 15.5 Å². The molecule has 0 aliphatic carbocycles. The number of aromatic nitrogens is 1. The van der Waals surface area contributed by atoms with Crippen molar-refractivity contribution in [3.8, 4) is 0 Å². The van der Waals surface area contributed by atoms with Gasteiger partial charge in [-0.1, -0.05) is 42.1 Å². The molecular formula is C18H19F3N2O3S. The van der Waals surface area contributed by atoms with E-state index in [9.17, 15) is 28.2 Å². The third kappa shape index (κ3) is 6.85. The predicted molar refractivity (Wildman–Crippen MR) is 95.0 cm³/mol. The van der Waals surface area contributed by atoms with E-state index in [2.05, 4.69) is 10.3 Å². The maximum Gasteiger partial charge on any atom is 0.417 e. The Hall–Kier alpha value is -2.10. The number of aliphatic hydroxyl groups is 2. The van der Waals surface area contributed by atoms with Gasteiger partial charge in [0.15, 0.2) is 0 Å². The van der Waals surface area contributed by atoms with Crippen molar-refractivity contribution in [2.75, 3.05) is 12.4 Å². The zero-order valence-corrected chi connectivity index (χ0v) is 15.0. The van der Waals surface area contributed by atoms with Crippen molar-refractivity contribution >= 4 is 17.7 Å². The van der Waals surface area contributed by atoms with Gasteiger partial charge in [-0.2, -0.15) is 13.2 Å². The summed E-state index contributed by atoms with van der Waals surface area (Å²) < 4.78 is 37.5. The van der Waals surface area contributed by atoms with Crippen LogP contribution in [0.1, 0.15) is 23.7 Å². The van der Waals surface area contributed by atoms with Crippen LogP contribution in [0.15, 0.2) is 53.7 Å². The van der Waals surface area contributed by atoms with E-state index >= 15 is 0 Å². The third-order valence-electron chi connectivity index (χ3n) is 3.69. The molecule has 0 aliphatic rings. The Morgan fingerprint density at radius 3 is 2.44 bits per heavy atom. The summed E-state index contributed by atoms with van der Waals surface area (Å²) >= 11 is 0.981. The minimum Gasteiger partial charge on any atom is -0.394 e. The molecule has 0 fully saturated rings. The molecule has 0 spiro atoms. The molecule has 3 N–H and O–H groups in total. The summed E-state index contributed by atoms with van der Waals surface area (Å²) in [5.41, 5.74) is -0.180. The zero-order chi connectivity index (χ0) is 19.9. The number of carbonyl (C=O) groups excluding carboxylic acids is 1. The number of carbonyl (C=O) groups is 1. The van der Waals surface area contributed by atoms with Crippen molar-refractivity contribution in [3.63, 3.8) is 0 Å². The van der Waals surface area contributed by atoms with E-state index < -0.39 is 29.8 Å². The van der Waals surface area contributed by atoms with Gasteiger partial charge in [-0.3, -0.25) is 4.79 Å². The smallest absolute Gasteiger partial charge is 0.394 e. The van der Waals surface area contributed by atoms with Crippen molar-refractivity contribution in [2.24, 2.45) is 0 Å². The van der Waals surface area contributed by atoms with Gasteiger partial charge in [0, 0.05) is 6.20 Å². The van der Waals surface area contributed by atoms with E-state index in [0.717, 1.165) is 17.8 Å². The number of aliphatic hydroxyl groups excluding tert-OH is 2. The van der Waals surface area contributed by atoms with Gasteiger partial charge in [0.25, 0.3) is 0 Å². The van der Waals surface area contributed by atoms with Crippen LogP contribution in [0.2, 0.25) is 0 Å². The molecule has 2 aromatic rings. The summed E-state index contributed by atoms with van der Waals surface area (Å²) in [6.07, 6.45) is -4.45. The highest BCUT2D eigenvalue weighted by molar-refractivity contribution is 7.99. The molecule has 1 aromatic carbocycles. The normalized spacial score (nSPS) is 13.8. The van der Waals surface area contributed by atoms with Crippen LogP contribution in [0.3, 0.4) is 0 Å². The average Bonchev–Trinajstić information content (AvgIpc) is 2.66. The maximum absolute atomic E-state index is 12.5. The Morgan fingerprint density at radius 2 is 1.89 bits per heavy atom. The van der Waals surface area contributed by atoms with Crippen LogP contribution >= 0.6 is 11.8 Å². The second-order valence-electron chi connectivity index (χ2n) is 5.78. The molecule has 0 saturated carbocycles. The first kappa shape index (κ1) is 21.2. The Labute approximate surface area is 158 Å². The number of nitrogens with zero attached hydrogens (tertiary/aromatic N) is 1. The molecule has 0 saturated heterocycles. The number of nitrogens with one attached hydrogen (secondary N) is 1. The molecule has 9 heteroatoms. The summed E-state index contributed by atoms with van der Waals surface area (Å²) in [6.45, 7) is -0.348. The number of benzene rings is 1. The van der Waals surface area contributed by atoms with Crippen LogP contribution in [0, 0.1) is 0 Å². The number of hydrogen-bond donors (Lipinski definition) is 3. The molecule has 2 atom stereocenters. The zero-order valence-electron chi connectivity index (χ0n) is 14.2. The van der Waals surface area contributed by atoms with Crippen LogP contribution < -0.4 is 5.32 Å². The molecular weight excluding hydrogens is 381 g/mol. The van der Waals surface area contributed by atoms with Crippen molar-refractivity contribution in [1.29, 1.82) is 0 Å². The lowest BCUT2D eigenvalue weighted by Crippen LogP contribution is -2.39. The summed E-state index contributed by atoms with van der Waals surface area (Å²) in [5, 5.41) is 22.5. The first-order valence-electron chi connectivity index (χ1n) is 8.09. The molecule has 146 valence electrons. The molecule has 1 amide bonds. The topological polar surface area (TPSA) is 82.5 Å².